The third kappa shape index (κ3) is 5.23. The molecule has 1 aliphatic carbocycles. The molecule has 1 aliphatic rings. The van der Waals surface area contributed by atoms with Crippen LogP contribution in [0.15, 0.2) is 47.3 Å². The average Bonchev–Trinajstić information content (AvgIpc) is 2.55. The third-order valence-electron chi connectivity index (χ3n) is 3.54. The Morgan fingerprint density at radius 3 is 2.26 bits per heavy atom. The van der Waals surface area contributed by atoms with Gasteiger partial charge in [0.1, 0.15) is 0 Å². The zero-order valence-electron chi connectivity index (χ0n) is 14.0. The molecule has 0 spiro atoms. The van der Waals surface area contributed by atoms with Gasteiger partial charge in [-0.2, -0.15) is 13.2 Å². The summed E-state index contributed by atoms with van der Waals surface area (Å²) in [5.41, 5.74) is 0.944. The fraction of sp³-hybridized carbons (Fsp3) is 0.529. The van der Waals surface area contributed by atoms with Gasteiger partial charge in [0, 0.05) is 13.2 Å². The highest BCUT2D eigenvalue weighted by molar-refractivity contribution is 5.35. The Morgan fingerprint density at radius 1 is 1.13 bits per heavy atom. The molecular formula is C17H24F4N2. The van der Waals surface area contributed by atoms with Crippen LogP contribution < -0.4 is 5.43 Å². The minimum absolute atomic E-state index is 0.356. The first kappa shape index (κ1) is 19.5. The minimum Gasteiger partial charge on any atom is -0.285 e. The fourth-order valence-corrected chi connectivity index (χ4v) is 2.15. The molecule has 1 unspecified atom stereocenters. The highest BCUT2D eigenvalue weighted by atomic mass is 19.4. The zero-order valence-corrected chi connectivity index (χ0v) is 14.0. The van der Waals surface area contributed by atoms with Crippen molar-refractivity contribution in [2.75, 3.05) is 7.05 Å². The van der Waals surface area contributed by atoms with Crippen molar-refractivity contribution in [3.05, 3.63) is 47.3 Å². The van der Waals surface area contributed by atoms with Crippen molar-refractivity contribution in [3.63, 3.8) is 0 Å². The normalized spacial score (nSPS) is 24.7. The van der Waals surface area contributed by atoms with Crippen LogP contribution in [0.3, 0.4) is 0 Å². The van der Waals surface area contributed by atoms with Gasteiger partial charge in [-0.1, -0.05) is 23.8 Å². The van der Waals surface area contributed by atoms with Crippen molar-refractivity contribution in [1.82, 2.24) is 10.4 Å². The topological polar surface area (TPSA) is 15.3 Å². The van der Waals surface area contributed by atoms with Crippen molar-refractivity contribution >= 4 is 0 Å². The number of nitrogens with zero attached hydrogens (tertiary/aromatic N) is 1. The quantitative estimate of drug-likeness (QED) is 0.563. The third-order valence-corrected chi connectivity index (χ3v) is 3.54. The molecule has 0 saturated carbocycles. The van der Waals surface area contributed by atoms with Crippen LogP contribution in [0.25, 0.3) is 0 Å². The monoisotopic (exact) mass is 332 g/mol. The molecule has 0 aliphatic heterocycles. The molecule has 130 valence electrons. The van der Waals surface area contributed by atoms with Crippen molar-refractivity contribution in [1.29, 1.82) is 0 Å². The lowest BCUT2D eigenvalue weighted by Gasteiger charge is -2.25. The lowest BCUT2D eigenvalue weighted by atomic mass is 9.95. The molecule has 1 N–H and O–H groups in total. The van der Waals surface area contributed by atoms with Crippen LogP contribution >= 0.6 is 0 Å². The van der Waals surface area contributed by atoms with E-state index in [0.29, 0.717) is 31.9 Å². The number of allylic oxidation sites excluding steroid dienone is 6. The molecule has 0 aromatic heterocycles. The smallest absolute Gasteiger partial charge is 0.285 e. The minimum atomic E-state index is -4.94. The second kappa shape index (κ2) is 7.81. The molecule has 0 aromatic carbocycles. The molecule has 2 nitrogen and oxygen atoms in total. The number of hydrogen-bond acceptors (Lipinski definition) is 2. The van der Waals surface area contributed by atoms with E-state index in [1.165, 1.54) is 18.2 Å². The van der Waals surface area contributed by atoms with Gasteiger partial charge in [-0.3, -0.25) is 5.01 Å². The average molecular weight is 332 g/mol. The standard InChI is InChI=1S/C17H24F4N2/c1-13(2)12-23(22-4)15-9-7-5-6-8-14(10-11-15)16(3,18)17(19,20)21/h8-12,22H,5-7H2,1-4H3/b11-10-,14-8-,15-9+. The Kier molecular flexibility index (Phi) is 6.62. The summed E-state index contributed by atoms with van der Waals surface area (Å²) in [6, 6.07) is 0. The number of hydrazine groups is 1. The number of nitrogens with one attached hydrogen (secondary N) is 1. The Labute approximate surface area is 135 Å². The van der Waals surface area contributed by atoms with Gasteiger partial charge in [0.15, 0.2) is 0 Å². The van der Waals surface area contributed by atoms with Crippen LogP contribution in [0.1, 0.15) is 40.0 Å². The first-order valence-electron chi connectivity index (χ1n) is 7.55. The van der Waals surface area contributed by atoms with E-state index in [9.17, 15) is 17.6 Å². The highest BCUT2D eigenvalue weighted by Crippen LogP contribution is 2.40. The van der Waals surface area contributed by atoms with Crippen LogP contribution in [-0.2, 0) is 0 Å². The Balaban J connectivity index is 3.18. The van der Waals surface area contributed by atoms with Gasteiger partial charge >= 0.3 is 6.18 Å². The molecule has 0 radical (unpaired) electrons. The molecule has 0 aromatic rings. The van der Waals surface area contributed by atoms with E-state index in [1.54, 1.807) is 12.1 Å². The number of alkyl halides is 4. The van der Waals surface area contributed by atoms with E-state index in [2.05, 4.69) is 5.43 Å². The summed E-state index contributed by atoms with van der Waals surface area (Å²) in [4.78, 5) is 0. The summed E-state index contributed by atoms with van der Waals surface area (Å²) < 4.78 is 53.1. The van der Waals surface area contributed by atoms with E-state index in [0.717, 1.165) is 5.57 Å². The Hall–Kier alpha value is -1.56. The molecule has 6 heteroatoms. The zero-order chi connectivity index (χ0) is 17.7. The van der Waals surface area contributed by atoms with E-state index in [4.69, 9.17) is 0 Å². The second-order valence-electron chi connectivity index (χ2n) is 5.85. The summed E-state index contributed by atoms with van der Waals surface area (Å²) in [6.45, 7) is 4.39. The molecule has 1 rings (SSSR count). The maximum absolute atomic E-state index is 14.2. The number of halogens is 4. The Bertz CT molecular complexity index is 521. The summed E-state index contributed by atoms with van der Waals surface area (Å²) in [5.74, 6) is 0. The molecule has 23 heavy (non-hydrogen) atoms. The molecular weight excluding hydrogens is 308 g/mol. The van der Waals surface area contributed by atoms with Crippen molar-refractivity contribution in [3.8, 4) is 0 Å². The number of hydrogen-bond donors (Lipinski definition) is 1. The molecule has 0 fully saturated rings. The largest absolute Gasteiger partial charge is 0.426 e. The fourth-order valence-electron chi connectivity index (χ4n) is 2.15. The predicted octanol–water partition coefficient (Wildman–Crippen LogP) is 5.19. The predicted molar refractivity (Wildman–Crippen MR) is 85.1 cm³/mol. The molecule has 1 atom stereocenters. The van der Waals surface area contributed by atoms with E-state index in [1.807, 2.05) is 26.1 Å². The Morgan fingerprint density at radius 2 is 1.74 bits per heavy atom. The van der Waals surface area contributed by atoms with Crippen molar-refractivity contribution < 1.29 is 17.6 Å². The molecule has 0 heterocycles. The van der Waals surface area contributed by atoms with E-state index >= 15 is 0 Å². The SMILES string of the molecule is CNN(C=C(C)C)C1=C/CCC/C=C(C(C)(F)C(F)(F)F)/C=C\1. The first-order chi connectivity index (χ1) is 10.6. The van der Waals surface area contributed by atoms with Gasteiger partial charge in [0.2, 0.25) is 5.67 Å². The van der Waals surface area contributed by atoms with Gasteiger partial charge in [-0.25, -0.2) is 9.82 Å². The van der Waals surface area contributed by atoms with Gasteiger partial charge in [-0.05, 0) is 51.7 Å². The number of rotatable bonds is 4. The van der Waals surface area contributed by atoms with Crippen molar-refractivity contribution in [2.45, 2.75) is 51.9 Å². The van der Waals surface area contributed by atoms with Gasteiger partial charge in [0.25, 0.3) is 0 Å². The maximum atomic E-state index is 14.2. The van der Waals surface area contributed by atoms with Crippen LogP contribution in [0.2, 0.25) is 0 Å². The van der Waals surface area contributed by atoms with Crippen LogP contribution in [0.5, 0.6) is 0 Å². The second-order valence-corrected chi connectivity index (χ2v) is 5.85. The van der Waals surface area contributed by atoms with E-state index < -0.39 is 11.8 Å². The summed E-state index contributed by atoms with van der Waals surface area (Å²) in [5, 5.41) is 1.71. The molecule has 0 bridgehead atoms. The lowest BCUT2D eigenvalue weighted by molar-refractivity contribution is -0.208. The molecule has 0 amide bonds. The first-order valence-corrected chi connectivity index (χ1v) is 7.55. The summed E-state index contributed by atoms with van der Waals surface area (Å²) in [7, 11) is 1.71. The van der Waals surface area contributed by atoms with E-state index in [-0.39, 0.29) is 5.57 Å². The molecule has 0 saturated heterocycles. The van der Waals surface area contributed by atoms with Crippen LogP contribution in [0, 0.1) is 0 Å². The summed E-state index contributed by atoms with van der Waals surface area (Å²) in [6.07, 6.45) is 4.64. The van der Waals surface area contributed by atoms with Crippen LogP contribution in [-0.4, -0.2) is 23.9 Å². The van der Waals surface area contributed by atoms with Gasteiger partial charge in [-0.15, -0.1) is 0 Å². The maximum Gasteiger partial charge on any atom is 0.426 e. The van der Waals surface area contributed by atoms with Gasteiger partial charge < -0.3 is 0 Å². The van der Waals surface area contributed by atoms with Crippen LogP contribution in [0.4, 0.5) is 17.6 Å². The lowest BCUT2D eigenvalue weighted by Crippen LogP contribution is -2.39. The van der Waals surface area contributed by atoms with Gasteiger partial charge in [0.05, 0.1) is 5.70 Å². The highest BCUT2D eigenvalue weighted by Gasteiger charge is 2.53. The van der Waals surface area contributed by atoms with Crippen molar-refractivity contribution in [2.24, 2.45) is 0 Å². The summed E-state index contributed by atoms with van der Waals surface area (Å²) >= 11 is 0.